The topological polar surface area (TPSA) is 110 Å². The van der Waals surface area contributed by atoms with Crippen LogP contribution < -0.4 is 15.6 Å². The van der Waals surface area contributed by atoms with Crippen LogP contribution in [-0.2, 0) is 11.3 Å². The van der Waals surface area contributed by atoms with Crippen molar-refractivity contribution in [2.45, 2.75) is 46.1 Å². The number of para-hydroxylation sites is 1. The van der Waals surface area contributed by atoms with Gasteiger partial charge in [-0.1, -0.05) is 37.6 Å². The smallest absolute Gasteiger partial charge is 0.253 e. The minimum Gasteiger partial charge on any atom is -0.463 e. The highest BCUT2D eigenvalue weighted by atomic mass is 16.5. The number of aliphatic hydroxyl groups excluding tert-OH is 1. The number of pyridine rings is 3. The van der Waals surface area contributed by atoms with Gasteiger partial charge in [0.05, 0.1) is 22.9 Å². The van der Waals surface area contributed by atoms with E-state index in [1.165, 1.54) is 0 Å². The standard InChI is InChI=1S/C35H39N5O4/c1-3-5-13-30(44-21-4-2)32-29(33(42)28-12-9-18-36-34(28)40(32)27-10-7-6-8-11-27)23-38-35(43)26-14-15-31(37-22-26)39-19-16-25(24-41)17-20-39/h4,6-15,18,21-22,25,41H,3,5,16-17,19-20,23-24H2,1-2H3,(H,38,43)/b21-4-,30-13+. The molecule has 0 unspecified atom stereocenters. The minimum atomic E-state index is -0.334. The second-order valence-electron chi connectivity index (χ2n) is 10.8. The molecule has 44 heavy (non-hydrogen) atoms. The second-order valence-corrected chi connectivity index (χ2v) is 10.8. The number of nitrogens with zero attached hydrogens (tertiary/aromatic N) is 4. The first-order valence-corrected chi connectivity index (χ1v) is 15.2. The molecule has 9 heteroatoms. The van der Waals surface area contributed by atoms with E-state index in [0.717, 1.165) is 50.3 Å². The Labute approximate surface area is 257 Å². The van der Waals surface area contributed by atoms with Gasteiger partial charge in [0, 0.05) is 49.9 Å². The van der Waals surface area contributed by atoms with Crippen molar-refractivity contribution in [3.05, 3.63) is 112 Å². The van der Waals surface area contributed by atoms with E-state index in [1.54, 1.807) is 42.9 Å². The summed E-state index contributed by atoms with van der Waals surface area (Å²) in [4.78, 5) is 38.8. The number of unbranched alkanes of at least 4 members (excludes halogenated alkanes) is 1. The summed E-state index contributed by atoms with van der Waals surface area (Å²) in [7, 11) is 0. The number of aliphatic hydroxyl groups is 1. The molecular weight excluding hydrogens is 554 g/mol. The highest BCUT2D eigenvalue weighted by molar-refractivity contribution is 5.94. The Kier molecular flexibility index (Phi) is 10.2. The van der Waals surface area contributed by atoms with Crippen molar-refractivity contribution in [3.63, 3.8) is 0 Å². The molecule has 0 aliphatic carbocycles. The zero-order valence-electron chi connectivity index (χ0n) is 25.3. The molecule has 1 fully saturated rings. The van der Waals surface area contributed by atoms with E-state index in [1.807, 2.05) is 54.0 Å². The molecule has 228 valence electrons. The molecule has 0 atom stereocenters. The van der Waals surface area contributed by atoms with E-state index in [4.69, 9.17) is 4.74 Å². The van der Waals surface area contributed by atoms with Crippen molar-refractivity contribution in [1.82, 2.24) is 19.9 Å². The quantitative estimate of drug-likeness (QED) is 0.218. The van der Waals surface area contributed by atoms with Gasteiger partial charge in [0.2, 0.25) is 0 Å². The van der Waals surface area contributed by atoms with Crippen LogP contribution in [0.25, 0.3) is 22.5 Å². The Morgan fingerprint density at radius 3 is 2.57 bits per heavy atom. The van der Waals surface area contributed by atoms with Gasteiger partial charge in [-0.05, 0) is 74.6 Å². The van der Waals surface area contributed by atoms with Gasteiger partial charge in [-0.2, -0.15) is 0 Å². The third kappa shape index (κ3) is 6.73. The van der Waals surface area contributed by atoms with E-state index in [-0.39, 0.29) is 24.5 Å². The molecule has 1 amide bonds. The molecule has 9 nitrogen and oxygen atoms in total. The monoisotopic (exact) mass is 593 g/mol. The van der Waals surface area contributed by atoms with Crippen LogP contribution in [0.15, 0.2) is 90.2 Å². The number of anilines is 1. The predicted octanol–water partition coefficient (Wildman–Crippen LogP) is 5.61. The van der Waals surface area contributed by atoms with Crippen molar-refractivity contribution in [1.29, 1.82) is 0 Å². The molecule has 1 aromatic carbocycles. The molecule has 2 N–H and O–H groups in total. The van der Waals surface area contributed by atoms with Gasteiger partial charge in [0.15, 0.2) is 5.43 Å². The Morgan fingerprint density at radius 2 is 1.89 bits per heavy atom. The van der Waals surface area contributed by atoms with Crippen LogP contribution in [0, 0.1) is 5.92 Å². The number of fused-ring (bicyclic) bond motifs is 1. The summed E-state index contributed by atoms with van der Waals surface area (Å²) in [5, 5.41) is 12.8. The van der Waals surface area contributed by atoms with E-state index in [0.29, 0.717) is 39.5 Å². The van der Waals surface area contributed by atoms with Crippen LogP contribution in [0.5, 0.6) is 0 Å². The number of carbonyl (C=O) groups is 1. The van der Waals surface area contributed by atoms with E-state index in [9.17, 15) is 14.7 Å². The lowest BCUT2D eigenvalue weighted by Gasteiger charge is -2.31. The molecule has 0 saturated carbocycles. The van der Waals surface area contributed by atoms with Crippen molar-refractivity contribution >= 4 is 28.5 Å². The number of ether oxygens (including phenoxy) is 1. The van der Waals surface area contributed by atoms with Crippen LogP contribution in [0.2, 0.25) is 0 Å². The first-order valence-electron chi connectivity index (χ1n) is 15.2. The molecule has 0 radical (unpaired) electrons. The predicted molar refractivity (Wildman–Crippen MR) is 174 cm³/mol. The summed E-state index contributed by atoms with van der Waals surface area (Å²) in [6.07, 6.45) is 12.0. The Balaban J connectivity index is 1.52. The third-order valence-electron chi connectivity index (χ3n) is 7.86. The molecule has 1 aliphatic heterocycles. The maximum absolute atomic E-state index is 14.1. The van der Waals surface area contributed by atoms with E-state index < -0.39 is 0 Å². The zero-order valence-corrected chi connectivity index (χ0v) is 25.3. The fourth-order valence-corrected chi connectivity index (χ4v) is 5.45. The van der Waals surface area contributed by atoms with Crippen molar-refractivity contribution in [2.75, 3.05) is 24.6 Å². The van der Waals surface area contributed by atoms with Gasteiger partial charge in [-0.15, -0.1) is 0 Å². The number of hydrogen-bond acceptors (Lipinski definition) is 7. The molecule has 5 rings (SSSR count). The number of amides is 1. The second kappa shape index (κ2) is 14.6. The molecule has 0 bridgehead atoms. The average molecular weight is 594 g/mol. The van der Waals surface area contributed by atoms with Gasteiger partial charge in [0.25, 0.3) is 5.91 Å². The molecule has 0 spiro atoms. The van der Waals surface area contributed by atoms with E-state index in [2.05, 4.69) is 27.1 Å². The molecule has 4 heterocycles. The van der Waals surface area contributed by atoms with Crippen LogP contribution >= 0.6 is 0 Å². The summed E-state index contributed by atoms with van der Waals surface area (Å²) < 4.78 is 8.04. The van der Waals surface area contributed by atoms with Crippen LogP contribution in [0.1, 0.15) is 61.1 Å². The van der Waals surface area contributed by atoms with Crippen LogP contribution in [-0.4, -0.2) is 45.2 Å². The maximum Gasteiger partial charge on any atom is 0.253 e. The summed E-state index contributed by atoms with van der Waals surface area (Å²) >= 11 is 0. The molecule has 4 aromatic rings. The fourth-order valence-electron chi connectivity index (χ4n) is 5.45. The molecule has 1 aliphatic rings. The maximum atomic E-state index is 14.1. The van der Waals surface area contributed by atoms with Crippen LogP contribution in [0.3, 0.4) is 0 Å². The number of allylic oxidation sites excluding steroid dienone is 2. The Bertz CT molecular complexity index is 1690. The lowest BCUT2D eigenvalue weighted by Crippen LogP contribution is -2.35. The lowest BCUT2D eigenvalue weighted by atomic mass is 9.98. The zero-order chi connectivity index (χ0) is 30.9. The lowest BCUT2D eigenvalue weighted by molar-refractivity contribution is 0.0950. The number of nitrogens with one attached hydrogen (secondary N) is 1. The highest BCUT2D eigenvalue weighted by Crippen LogP contribution is 2.28. The number of piperidine rings is 1. The first kappa shape index (κ1) is 30.7. The fraction of sp³-hybridized carbons (Fsp3) is 0.314. The van der Waals surface area contributed by atoms with Crippen LogP contribution in [0.4, 0.5) is 5.82 Å². The summed E-state index contributed by atoms with van der Waals surface area (Å²) in [5.41, 5.74) is 2.43. The minimum absolute atomic E-state index is 0.0241. The van der Waals surface area contributed by atoms with Gasteiger partial charge in [-0.25, -0.2) is 9.97 Å². The summed E-state index contributed by atoms with van der Waals surface area (Å²) in [6.45, 7) is 5.77. The average Bonchev–Trinajstić information content (AvgIpc) is 3.08. The van der Waals surface area contributed by atoms with Crippen molar-refractivity contribution < 1.29 is 14.6 Å². The van der Waals surface area contributed by atoms with Gasteiger partial charge in [-0.3, -0.25) is 14.2 Å². The number of carbonyl (C=O) groups excluding carboxylic acids is 1. The Hall–Kier alpha value is -4.76. The molecular formula is C35H39N5O4. The number of benzene rings is 1. The third-order valence-corrected chi connectivity index (χ3v) is 7.86. The van der Waals surface area contributed by atoms with E-state index >= 15 is 0 Å². The largest absolute Gasteiger partial charge is 0.463 e. The summed E-state index contributed by atoms with van der Waals surface area (Å²) in [5.74, 6) is 1.32. The molecule has 3 aromatic heterocycles. The first-order chi connectivity index (χ1) is 21.5. The number of hydrogen-bond donors (Lipinski definition) is 2. The van der Waals surface area contributed by atoms with Gasteiger partial charge in [0.1, 0.15) is 17.2 Å². The number of aromatic nitrogens is 3. The normalized spacial score (nSPS) is 14.3. The SMILES string of the molecule is C/C=C\O/C(=C/CCC)c1c(CNC(=O)c2ccc(N3CCC(CO)CC3)nc2)c(=O)c2cccnc2n1-c1ccccc1. The molecule has 1 saturated heterocycles. The van der Waals surface area contributed by atoms with Gasteiger partial charge >= 0.3 is 0 Å². The van der Waals surface area contributed by atoms with Crippen molar-refractivity contribution in [3.8, 4) is 5.69 Å². The summed E-state index contributed by atoms with van der Waals surface area (Å²) in [6, 6.07) is 16.8. The number of rotatable bonds is 11. The van der Waals surface area contributed by atoms with Crippen molar-refractivity contribution in [2.24, 2.45) is 5.92 Å². The highest BCUT2D eigenvalue weighted by Gasteiger charge is 2.24. The Morgan fingerprint density at radius 1 is 1.09 bits per heavy atom. The van der Waals surface area contributed by atoms with Gasteiger partial charge < -0.3 is 20.1 Å².